The second-order valence-electron chi connectivity index (χ2n) is 4.96. The van der Waals surface area contributed by atoms with Crippen molar-refractivity contribution < 1.29 is 40.7 Å². The Kier molecular flexibility index (Phi) is 7.98. The lowest BCUT2D eigenvalue weighted by Gasteiger charge is -2.06. The van der Waals surface area contributed by atoms with Crippen molar-refractivity contribution in [3.8, 4) is 0 Å². The Morgan fingerprint density at radius 3 is 1.58 bits per heavy atom. The van der Waals surface area contributed by atoms with Crippen LogP contribution in [-0.4, -0.2) is 29.8 Å². The van der Waals surface area contributed by atoms with Crippen molar-refractivity contribution in [2.24, 2.45) is 5.92 Å². The van der Waals surface area contributed by atoms with Crippen LogP contribution in [0.4, 0.5) is 37.7 Å². The highest BCUT2D eigenvalue weighted by atomic mass is 19.4. The minimum atomic E-state index is -5.77. The van der Waals surface area contributed by atoms with E-state index < -0.39 is 23.9 Å². The number of alkyl halides is 6. The maximum Gasteiger partial charge on any atom is 0.458 e. The fourth-order valence-corrected chi connectivity index (χ4v) is 1.16. The normalized spacial score (nSPS) is 11.1. The maximum atomic E-state index is 11.3. The molecule has 0 saturated heterocycles. The summed E-state index contributed by atoms with van der Waals surface area (Å²) in [5.41, 5.74) is 1.31. The highest BCUT2D eigenvalue weighted by Crippen LogP contribution is 2.24. The van der Waals surface area contributed by atoms with E-state index in [9.17, 15) is 40.7 Å². The summed E-state index contributed by atoms with van der Waals surface area (Å²) in [6.45, 7) is 10.4. The second kappa shape index (κ2) is 8.98. The number of nitrogens with zero attached hydrogens (tertiary/aromatic N) is 1. The number of hydrogen-bond acceptors (Lipinski definition) is 3. The lowest BCUT2D eigenvalue weighted by Crippen LogP contribution is -2.39. The molecule has 0 unspecified atom stereocenters. The van der Waals surface area contributed by atoms with E-state index in [1.54, 1.807) is 24.3 Å². The van der Waals surface area contributed by atoms with Gasteiger partial charge in [0.2, 0.25) is 5.91 Å². The molecule has 1 aromatic rings. The molecule has 26 heavy (non-hydrogen) atoms. The van der Waals surface area contributed by atoms with Gasteiger partial charge in [0.25, 0.3) is 0 Å². The van der Waals surface area contributed by atoms with Crippen molar-refractivity contribution in [3.05, 3.63) is 35.7 Å². The van der Waals surface area contributed by atoms with Gasteiger partial charge in [-0.25, -0.2) is 4.85 Å². The van der Waals surface area contributed by atoms with Crippen LogP contribution in [0.25, 0.3) is 4.85 Å². The Bertz CT molecular complexity index is 676. The van der Waals surface area contributed by atoms with Crippen molar-refractivity contribution in [1.82, 2.24) is 0 Å². The summed E-state index contributed by atoms with van der Waals surface area (Å²) in [6, 6.07) is 6.83. The zero-order valence-electron chi connectivity index (χ0n) is 13.3. The Morgan fingerprint density at radius 1 is 0.923 bits per heavy atom. The lowest BCUT2D eigenvalue weighted by atomic mass is 10.2. The first-order valence-electron chi connectivity index (χ1n) is 6.71. The molecule has 0 aliphatic heterocycles. The van der Waals surface area contributed by atoms with Gasteiger partial charge >= 0.3 is 23.9 Å². The first-order chi connectivity index (χ1) is 11.7. The molecule has 0 atom stereocenters. The third-order valence-corrected chi connectivity index (χ3v) is 2.51. The van der Waals surface area contributed by atoms with E-state index in [1.165, 1.54) is 0 Å². The third kappa shape index (κ3) is 7.78. The minimum Gasteiger partial charge on any atom is -0.326 e. The predicted molar refractivity (Wildman–Crippen MR) is 78.3 cm³/mol. The van der Waals surface area contributed by atoms with Crippen LogP contribution in [0.15, 0.2) is 24.3 Å². The topological polar surface area (TPSA) is 67.6 Å². The smallest absolute Gasteiger partial charge is 0.326 e. The number of amides is 1. The molecule has 1 N–H and O–H groups in total. The number of hydrogen-bond donors (Lipinski definition) is 1. The molecule has 0 aromatic heterocycles. The van der Waals surface area contributed by atoms with Crippen molar-refractivity contribution in [2.75, 3.05) is 5.32 Å². The van der Waals surface area contributed by atoms with Gasteiger partial charge in [-0.1, -0.05) is 26.0 Å². The molecule has 0 fully saturated rings. The van der Waals surface area contributed by atoms with Crippen molar-refractivity contribution in [3.63, 3.8) is 0 Å². The van der Waals surface area contributed by atoms with E-state index in [0.29, 0.717) is 5.69 Å². The average molecular weight is 382 g/mol. The van der Waals surface area contributed by atoms with Crippen LogP contribution in [0.2, 0.25) is 0 Å². The van der Waals surface area contributed by atoms with E-state index >= 15 is 0 Å². The highest BCUT2D eigenvalue weighted by Gasteiger charge is 2.54. The van der Waals surface area contributed by atoms with E-state index in [4.69, 9.17) is 6.57 Å². The molecule has 0 bridgehead atoms. The number of carbonyl (C=O) groups excluding carboxylic acids is 3. The van der Waals surface area contributed by atoms with Crippen molar-refractivity contribution in [2.45, 2.75) is 26.2 Å². The SMILES string of the molecule is O=C(C(=O)C(F)(F)F)C(F)(F)F.[C-]#[N+]c1ccc(NC(=O)C(C)C)cc1. The van der Waals surface area contributed by atoms with Crippen LogP contribution in [0.1, 0.15) is 13.8 Å². The number of anilines is 1. The summed E-state index contributed by atoms with van der Waals surface area (Å²) in [7, 11) is 0. The van der Waals surface area contributed by atoms with Gasteiger partial charge in [0.15, 0.2) is 5.69 Å². The predicted octanol–water partition coefficient (Wildman–Crippen LogP) is 4.08. The molecule has 142 valence electrons. The number of ketones is 2. The van der Waals surface area contributed by atoms with Crippen LogP contribution in [0.5, 0.6) is 0 Å². The molecule has 0 spiro atoms. The van der Waals surface area contributed by atoms with Gasteiger partial charge in [-0.2, -0.15) is 26.3 Å². The summed E-state index contributed by atoms with van der Waals surface area (Å²) < 4.78 is 67.0. The largest absolute Gasteiger partial charge is 0.458 e. The maximum absolute atomic E-state index is 11.3. The van der Waals surface area contributed by atoms with E-state index in [-0.39, 0.29) is 11.8 Å². The van der Waals surface area contributed by atoms with Gasteiger partial charge in [0, 0.05) is 11.6 Å². The van der Waals surface area contributed by atoms with Crippen molar-refractivity contribution >= 4 is 28.8 Å². The number of halogens is 6. The molecule has 5 nitrogen and oxygen atoms in total. The van der Waals surface area contributed by atoms with Gasteiger partial charge in [-0.05, 0) is 12.1 Å². The van der Waals surface area contributed by atoms with Crippen molar-refractivity contribution in [1.29, 1.82) is 0 Å². The number of nitrogens with one attached hydrogen (secondary N) is 1. The fourth-order valence-electron chi connectivity index (χ4n) is 1.16. The van der Waals surface area contributed by atoms with E-state index in [2.05, 4.69) is 10.2 Å². The number of rotatable bonds is 3. The molecule has 0 heterocycles. The third-order valence-electron chi connectivity index (χ3n) is 2.51. The first-order valence-corrected chi connectivity index (χ1v) is 6.71. The number of Topliss-reactive ketones (excluding diaryl/α,β-unsaturated/α-hetero) is 2. The van der Waals surface area contributed by atoms with Crippen LogP contribution < -0.4 is 5.32 Å². The van der Waals surface area contributed by atoms with E-state index in [1.807, 2.05) is 13.8 Å². The summed E-state index contributed by atoms with van der Waals surface area (Å²) in [5, 5.41) is 2.75. The lowest BCUT2D eigenvalue weighted by molar-refractivity contribution is -0.193. The molecular formula is C15H12F6N2O3. The first kappa shape index (κ1) is 23.1. The van der Waals surface area contributed by atoms with Crippen LogP contribution in [-0.2, 0) is 14.4 Å². The molecule has 0 radical (unpaired) electrons. The second-order valence-corrected chi connectivity index (χ2v) is 4.96. The summed E-state index contributed by atoms with van der Waals surface area (Å²) in [6.07, 6.45) is -11.5. The Balaban J connectivity index is 0.000000488. The van der Waals surface area contributed by atoms with Gasteiger partial charge < -0.3 is 5.32 Å². The highest BCUT2D eigenvalue weighted by molar-refractivity contribution is 6.41. The molecule has 1 aromatic carbocycles. The fraction of sp³-hybridized carbons (Fsp3) is 0.333. The zero-order valence-corrected chi connectivity index (χ0v) is 13.3. The van der Waals surface area contributed by atoms with Gasteiger partial charge in [0.1, 0.15) is 0 Å². The van der Waals surface area contributed by atoms with E-state index in [0.717, 1.165) is 5.69 Å². The quantitative estimate of drug-likeness (QED) is 0.487. The molecule has 1 amide bonds. The molecule has 0 aliphatic carbocycles. The number of carbonyl (C=O) groups is 3. The molecule has 1 rings (SSSR count). The van der Waals surface area contributed by atoms with Crippen LogP contribution in [0.3, 0.4) is 0 Å². The Hall–Kier alpha value is -2.90. The number of benzene rings is 1. The minimum absolute atomic E-state index is 0.0134. The summed E-state index contributed by atoms with van der Waals surface area (Å²) >= 11 is 0. The summed E-state index contributed by atoms with van der Waals surface area (Å²) in [4.78, 5) is 33.8. The van der Waals surface area contributed by atoms with Gasteiger partial charge in [-0.15, -0.1) is 0 Å². The average Bonchev–Trinajstić information content (AvgIpc) is 2.52. The van der Waals surface area contributed by atoms with Gasteiger partial charge in [0.05, 0.1) is 6.57 Å². The van der Waals surface area contributed by atoms with Crippen LogP contribution >= 0.6 is 0 Å². The molecule has 0 aliphatic rings. The van der Waals surface area contributed by atoms with Crippen LogP contribution in [0, 0.1) is 12.5 Å². The summed E-state index contributed by atoms with van der Waals surface area (Å²) in [5.74, 6) is -6.86. The Morgan fingerprint density at radius 2 is 1.31 bits per heavy atom. The molecule has 0 saturated carbocycles. The molecular weight excluding hydrogens is 370 g/mol. The Labute approximate surface area is 143 Å². The standard InChI is InChI=1S/C11H12N2O.C4F6O2/c1-8(2)11(14)13-10-6-4-9(12-3)5-7-10;5-3(6,7)1(11)2(12)4(8,9)10/h4-8H,1-2H3,(H,13,14);. The zero-order chi connectivity index (χ0) is 20.7. The monoisotopic (exact) mass is 382 g/mol. The molecule has 11 heteroatoms. The van der Waals surface area contributed by atoms with Gasteiger partial charge in [-0.3, -0.25) is 14.4 Å².